The molecular weight excluding hydrogens is 152 g/mol. The Morgan fingerprint density at radius 1 is 1.67 bits per heavy atom. The Balaban J connectivity index is 2.18. The summed E-state index contributed by atoms with van der Waals surface area (Å²) in [5, 5.41) is 3.21. The van der Waals surface area contributed by atoms with Gasteiger partial charge in [0.15, 0.2) is 0 Å². The molecular formula is C9H12N2O. The van der Waals surface area contributed by atoms with Gasteiger partial charge in [0, 0.05) is 19.3 Å². The summed E-state index contributed by atoms with van der Waals surface area (Å²) in [5.74, 6) is 0. The number of hydrogen-bond acceptors (Lipinski definition) is 3. The van der Waals surface area contributed by atoms with Gasteiger partial charge in [0.25, 0.3) is 0 Å². The van der Waals surface area contributed by atoms with Crippen LogP contribution in [-0.2, 0) is 4.74 Å². The van der Waals surface area contributed by atoms with Gasteiger partial charge in [-0.1, -0.05) is 6.07 Å². The van der Waals surface area contributed by atoms with Gasteiger partial charge in [-0.05, 0) is 12.1 Å². The minimum atomic E-state index is -0.0533. The average molecular weight is 165 g/mol. The van der Waals surface area contributed by atoms with Gasteiger partial charge in [0.05, 0.1) is 13.7 Å². The van der Waals surface area contributed by atoms with Crippen molar-refractivity contribution < 1.29 is 6.11 Å². The van der Waals surface area contributed by atoms with Crippen molar-refractivity contribution >= 4 is 0 Å². The summed E-state index contributed by atoms with van der Waals surface area (Å²) >= 11 is 0. The van der Waals surface area contributed by atoms with Crippen LogP contribution in [0.4, 0.5) is 0 Å². The lowest BCUT2D eigenvalue weighted by molar-refractivity contribution is 0.0250. The van der Waals surface area contributed by atoms with Crippen LogP contribution in [0.3, 0.4) is 0 Å². The maximum atomic E-state index is 7.64. The van der Waals surface area contributed by atoms with Crippen molar-refractivity contribution in [2.75, 3.05) is 19.7 Å². The highest BCUT2D eigenvalue weighted by Crippen LogP contribution is 2.14. The fourth-order valence-corrected chi connectivity index (χ4v) is 1.25. The Labute approximate surface area is 73.2 Å². The van der Waals surface area contributed by atoms with Crippen LogP contribution >= 0.6 is 0 Å². The molecule has 1 aliphatic heterocycles. The zero-order valence-corrected chi connectivity index (χ0v) is 6.79. The van der Waals surface area contributed by atoms with Crippen LogP contribution in [0.1, 0.15) is 13.2 Å². The number of aromatic nitrogens is 1. The molecule has 0 aliphatic carbocycles. The van der Waals surface area contributed by atoms with Gasteiger partial charge in [0.2, 0.25) is 0 Å². The molecule has 0 saturated carbocycles. The van der Waals surface area contributed by atoms with E-state index in [4.69, 9.17) is 6.11 Å². The van der Waals surface area contributed by atoms with E-state index in [1.807, 2.05) is 0 Å². The molecule has 1 aliphatic rings. The molecule has 0 spiro atoms. The molecule has 1 aromatic heterocycles. The van der Waals surface area contributed by atoms with Gasteiger partial charge in [-0.15, -0.1) is 0 Å². The van der Waals surface area contributed by atoms with Crippen LogP contribution in [0.2, 0.25) is 0 Å². The Kier molecular flexibility index (Phi) is 2.00. The van der Waals surface area contributed by atoms with Crippen LogP contribution in [0.15, 0.2) is 24.4 Å². The van der Waals surface area contributed by atoms with E-state index in [-0.39, 0.29) is 6.10 Å². The normalized spacial score (nSPS) is 25.0. The van der Waals surface area contributed by atoms with Gasteiger partial charge in [0.1, 0.15) is 6.10 Å². The number of morpholine rings is 1. The molecule has 1 saturated heterocycles. The Bertz CT molecular complexity index is 287. The summed E-state index contributed by atoms with van der Waals surface area (Å²) in [7, 11) is 0. The third-order valence-corrected chi connectivity index (χ3v) is 1.86. The fourth-order valence-electron chi connectivity index (χ4n) is 1.25. The van der Waals surface area contributed by atoms with Crippen LogP contribution < -0.4 is 5.32 Å². The summed E-state index contributed by atoms with van der Waals surface area (Å²) in [6, 6.07) is 3.96. The van der Waals surface area contributed by atoms with Crippen LogP contribution in [-0.4, -0.2) is 24.7 Å². The van der Waals surface area contributed by atoms with E-state index < -0.39 is 0 Å². The van der Waals surface area contributed by atoms with Gasteiger partial charge in [-0.3, -0.25) is 4.98 Å². The maximum absolute atomic E-state index is 7.64. The minimum Gasteiger partial charge on any atom is -0.369 e. The van der Waals surface area contributed by atoms with Gasteiger partial charge in [-0.25, -0.2) is 0 Å². The molecule has 12 heavy (non-hydrogen) atoms. The molecule has 0 amide bonds. The van der Waals surface area contributed by atoms with E-state index in [9.17, 15) is 0 Å². The quantitative estimate of drug-likeness (QED) is 0.666. The summed E-state index contributed by atoms with van der Waals surface area (Å²) in [5.41, 5.74) is 0.731. The van der Waals surface area contributed by atoms with Crippen molar-refractivity contribution in [3.05, 3.63) is 30.1 Å². The predicted molar refractivity (Wildman–Crippen MR) is 45.8 cm³/mol. The number of hydrogen-bond donors (Lipinski definition) is 1. The Hall–Kier alpha value is -0.930. The van der Waals surface area contributed by atoms with Crippen molar-refractivity contribution in [3.63, 3.8) is 0 Å². The first-order valence-electron chi connectivity index (χ1n) is 4.62. The van der Waals surface area contributed by atoms with Crippen LogP contribution in [0.25, 0.3) is 0 Å². The maximum Gasteiger partial charge on any atom is 0.112 e. The molecule has 64 valence electrons. The number of nitrogens with zero attached hydrogens (tertiary/aromatic N) is 1. The van der Waals surface area contributed by atoms with E-state index in [1.54, 1.807) is 18.3 Å². The molecule has 3 nitrogen and oxygen atoms in total. The lowest BCUT2D eigenvalue weighted by atomic mass is 10.2. The molecule has 1 fully saturated rings. The number of rotatable bonds is 1. The standard InChI is InChI=1S/C9H12N2O/c1-2-4-11-8(3-1)9-7-10-5-6-12-9/h1-4,9-10H,5-7H2/t9-/m0/s1/i3D. The molecule has 1 atom stereocenters. The van der Waals surface area contributed by atoms with E-state index in [0.29, 0.717) is 12.6 Å². The van der Waals surface area contributed by atoms with Crippen molar-refractivity contribution in [2.24, 2.45) is 0 Å². The Morgan fingerprint density at radius 2 is 2.67 bits per heavy atom. The van der Waals surface area contributed by atoms with Crippen molar-refractivity contribution in [1.29, 1.82) is 0 Å². The highest BCUT2D eigenvalue weighted by molar-refractivity contribution is 5.07. The third kappa shape index (κ3) is 1.62. The lowest BCUT2D eigenvalue weighted by Gasteiger charge is -2.22. The molecule has 2 rings (SSSR count). The Morgan fingerprint density at radius 3 is 3.42 bits per heavy atom. The van der Waals surface area contributed by atoms with Crippen LogP contribution in [0.5, 0.6) is 0 Å². The van der Waals surface area contributed by atoms with E-state index >= 15 is 0 Å². The molecule has 1 aromatic rings. The second-order valence-electron chi connectivity index (χ2n) is 2.73. The third-order valence-electron chi connectivity index (χ3n) is 1.86. The molecule has 0 unspecified atom stereocenters. The molecule has 3 heteroatoms. The highest BCUT2D eigenvalue weighted by Gasteiger charge is 2.15. The van der Waals surface area contributed by atoms with Crippen molar-refractivity contribution in [2.45, 2.75) is 6.10 Å². The number of nitrogens with one attached hydrogen (secondary N) is 1. The van der Waals surface area contributed by atoms with E-state index in [2.05, 4.69) is 10.3 Å². The summed E-state index contributed by atoms with van der Waals surface area (Å²) in [4.78, 5) is 4.15. The smallest absolute Gasteiger partial charge is 0.112 e. The molecule has 2 heterocycles. The van der Waals surface area contributed by atoms with Crippen molar-refractivity contribution in [1.82, 2.24) is 10.3 Å². The second kappa shape index (κ2) is 3.65. The molecule has 1 N–H and O–H groups in total. The predicted octanol–water partition coefficient (Wildman–Crippen LogP) is 0.742. The van der Waals surface area contributed by atoms with Crippen LogP contribution in [0, 0.1) is 0 Å². The minimum absolute atomic E-state index is 0.0533. The van der Waals surface area contributed by atoms with Gasteiger partial charge >= 0.3 is 0 Å². The lowest BCUT2D eigenvalue weighted by Crippen LogP contribution is -2.33. The zero-order valence-electron chi connectivity index (χ0n) is 7.79. The largest absolute Gasteiger partial charge is 0.369 e. The summed E-state index contributed by atoms with van der Waals surface area (Å²) in [6.45, 7) is 2.33. The van der Waals surface area contributed by atoms with E-state index in [0.717, 1.165) is 18.8 Å². The number of pyridine rings is 1. The fraction of sp³-hybridized carbons (Fsp3) is 0.444. The molecule has 0 radical (unpaired) electrons. The first-order valence-corrected chi connectivity index (χ1v) is 4.12. The first kappa shape index (κ1) is 6.57. The van der Waals surface area contributed by atoms with Gasteiger partial charge in [-0.2, -0.15) is 0 Å². The molecule has 0 aromatic carbocycles. The summed E-state index contributed by atoms with van der Waals surface area (Å²) < 4.78 is 13.1. The van der Waals surface area contributed by atoms with E-state index in [1.165, 1.54) is 0 Å². The van der Waals surface area contributed by atoms with Crippen molar-refractivity contribution in [3.8, 4) is 0 Å². The zero-order chi connectivity index (χ0) is 9.10. The SMILES string of the molecule is [2H]c1cccnc1[C@@H]1CNCCO1. The average Bonchev–Trinajstić information content (AvgIpc) is 2.20. The monoisotopic (exact) mass is 165 g/mol. The molecule has 0 bridgehead atoms. The van der Waals surface area contributed by atoms with Gasteiger partial charge < -0.3 is 10.1 Å². The highest BCUT2D eigenvalue weighted by atomic mass is 16.5. The first-order chi connectivity index (χ1) is 6.38. The topological polar surface area (TPSA) is 34.2 Å². The summed E-state index contributed by atoms with van der Waals surface area (Å²) in [6.07, 6.45) is 1.65. The second-order valence-corrected chi connectivity index (χ2v) is 2.73. The number of ether oxygens (including phenoxy) is 1.